The molecule has 5 heteroatoms. The second kappa shape index (κ2) is 5.71. The number of anilines is 1. The van der Waals surface area contributed by atoms with Gasteiger partial charge < -0.3 is 17.2 Å². The summed E-state index contributed by atoms with van der Waals surface area (Å²) in [5.74, 6) is -0.736. The van der Waals surface area contributed by atoms with Crippen molar-refractivity contribution in [1.82, 2.24) is 0 Å². The Hall–Kier alpha value is -2.40. The largest absolute Gasteiger partial charge is 0.398 e. The standard InChI is InChI=1S/C15H17N3O2/c16-11-6-5-9-3-1-2-4-10(9)14(11)15(20)12(17)7-8-13(18)19/h1-6,12H,7-8,16-17H2,(H2,18,19)/t12-/m0/s1. The molecule has 5 nitrogen and oxygen atoms in total. The number of benzene rings is 2. The molecule has 0 aliphatic rings. The van der Waals surface area contributed by atoms with E-state index in [1.165, 1.54) is 0 Å². The highest BCUT2D eigenvalue weighted by atomic mass is 16.1. The van der Waals surface area contributed by atoms with E-state index in [-0.39, 0.29) is 18.6 Å². The van der Waals surface area contributed by atoms with Crippen molar-refractivity contribution < 1.29 is 9.59 Å². The molecule has 0 aliphatic heterocycles. The van der Waals surface area contributed by atoms with Gasteiger partial charge in [-0.05, 0) is 23.3 Å². The zero-order valence-corrected chi connectivity index (χ0v) is 11.0. The second-order valence-corrected chi connectivity index (χ2v) is 4.73. The van der Waals surface area contributed by atoms with E-state index in [0.717, 1.165) is 10.8 Å². The molecular weight excluding hydrogens is 254 g/mol. The van der Waals surface area contributed by atoms with Gasteiger partial charge in [-0.1, -0.05) is 30.3 Å². The monoisotopic (exact) mass is 271 g/mol. The first-order valence-corrected chi connectivity index (χ1v) is 6.36. The van der Waals surface area contributed by atoms with Gasteiger partial charge in [0.2, 0.25) is 5.91 Å². The lowest BCUT2D eigenvalue weighted by molar-refractivity contribution is -0.118. The van der Waals surface area contributed by atoms with Crippen LogP contribution in [-0.4, -0.2) is 17.7 Å². The summed E-state index contributed by atoms with van der Waals surface area (Å²) in [5.41, 5.74) is 17.6. The van der Waals surface area contributed by atoms with Crippen molar-refractivity contribution in [1.29, 1.82) is 0 Å². The molecule has 0 saturated carbocycles. The molecule has 1 amide bonds. The number of primary amides is 1. The van der Waals surface area contributed by atoms with Crippen LogP contribution in [0.15, 0.2) is 36.4 Å². The molecule has 0 bridgehead atoms. The van der Waals surface area contributed by atoms with Crippen molar-refractivity contribution in [2.24, 2.45) is 11.5 Å². The lowest BCUT2D eigenvalue weighted by Gasteiger charge is -2.14. The summed E-state index contributed by atoms with van der Waals surface area (Å²) < 4.78 is 0. The fourth-order valence-corrected chi connectivity index (χ4v) is 2.18. The lowest BCUT2D eigenvalue weighted by atomic mass is 9.94. The van der Waals surface area contributed by atoms with Gasteiger partial charge in [-0.25, -0.2) is 0 Å². The second-order valence-electron chi connectivity index (χ2n) is 4.73. The number of Topliss-reactive ketones (excluding diaryl/α,β-unsaturated/α-hetero) is 1. The van der Waals surface area contributed by atoms with Gasteiger partial charge in [0.15, 0.2) is 5.78 Å². The van der Waals surface area contributed by atoms with Crippen LogP contribution in [0.5, 0.6) is 0 Å². The molecule has 0 radical (unpaired) electrons. The van der Waals surface area contributed by atoms with Gasteiger partial charge in [-0.2, -0.15) is 0 Å². The van der Waals surface area contributed by atoms with Crippen molar-refractivity contribution in [2.75, 3.05) is 5.73 Å². The van der Waals surface area contributed by atoms with Crippen LogP contribution >= 0.6 is 0 Å². The number of carbonyl (C=O) groups excluding carboxylic acids is 2. The summed E-state index contributed by atoms with van der Waals surface area (Å²) in [5, 5.41) is 1.69. The molecule has 0 heterocycles. The third kappa shape index (κ3) is 2.78. The number of nitrogens with two attached hydrogens (primary N) is 3. The van der Waals surface area contributed by atoms with Crippen molar-refractivity contribution in [2.45, 2.75) is 18.9 Å². The molecule has 1 atom stereocenters. The summed E-state index contributed by atoms with van der Waals surface area (Å²) >= 11 is 0. The van der Waals surface area contributed by atoms with E-state index >= 15 is 0 Å². The maximum Gasteiger partial charge on any atom is 0.217 e. The summed E-state index contributed by atoms with van der Waals surface area (Å²) in [6.07, 6.45) is 0.300. The van der Waals surface area contributed by atoms with Gasteiger partial charge >= 0.3 is 0 Å². The van der Waals surface area contributed by atoms with E-state index in [1.54, 1.807) is 6.07 Å². The minimum Gasteiger partial charge on any atom is -0.398 e. The van der Waals surface area contributed by atoms with Crippen LogP contribution in [0.4, 0.5) is 5.69 Å². The molecular formula is C15H17N3O2. The number of hydrogen-bond donors (Lipinski definition) is 3. The lowest BCUT2D eigenvalue weighted by Crippen LogP contribution is -2.32. The Morgan fingerprint density at radius 3 is 2.50 bits per heavy atom. The fourth-order valence-electron chi connectivity index (χ4n) is 2.18. The molecule has 0 spiro atoms. The van der Waals surface area contributed by atoms with E-state index < -0.39 is 11.9 Å². The highest BCUT2D eigenvalue weighted by Crippen LogP contribution is 2.25. The van der Waals surface area contributed by atoms with Crippen molar-refractivity contribution in [3.05, 3.63) is 42.0 Å². The normalized spacial score (nSPS) is 12.2. The van der Waals surface area contributed by atoms with Crippen LogP contribution in [0.1, 0.15) is 23.2 Å². The number of nitrogen functional groups attached to an aromatic ring is 1. The number of fused-ring (bicyclic) bond motifs is 1. The zero-order valence-electron chi connectivity index (χ0n) is 11.0. The number of amides is 1. The number of ketones is 1. The number of hydrogen-bond acceptors (Lipinski definition) is 4. The maximum atomic E-state index is 12.4. The molecule has 20 heavy (non-hydrogen) atoms. The Balaban J connectivity index is 2.38. The average Bonchev–Trinajstić information content (AvgIpc) is 2.44. The summed E-state index contributed by atoms with van der Waals surface area (Å²) in [6, 6.07) is 10.2. The molecule has 0 aliphatic carbocycles. The van der Waals surface area contributed by atoms with E-state index in [9.17, 15) is 9.59 Å². The molecule has 0 aromatic heterocycles. The van der Waals surface area contributed by atoms with Crippen LogP contribution in [0, 0.1) is 0 Å². The van der Waals surface area contributed by atoms with Crippen LogP contribution in [0.25, 0.3) is 10.8 Å². The molecule has 2 aromatic rings. The topological polar surface area (TPSA) is 112 Å². The van der Waals surface area contributed by atoms with Gasteiger partial charge in [0.25, 0.3) is 0 Å². The summed E-state index contributed by atoms with van der Waals surface area (Å²) in [7, 11) is 0. The van der Waals surface area contributed by atoms with Crippen LogP contribution in [0.2, 0.25) is 0 Å². The molecule has 6 N–H and O–H groups in total. The van der Waals surface area contributed by atoms with Crippen molar-refractivity contribution in [3.8, 4) is 0 Å². The van der Waals surface area contributed by atoms with Gasteiger partial charge in [-0.15, -0.1) is 0 Å². The third-order valence-electron chi connectivity index (χ3n) is 3.25. The first kappa shape index (κ1) is 14.0. The number of rotatable bonds is 5. The Morgan fingerprint density at radius 1 is 1.10 bits per heavy atom. The van der Waals surface area contributed by atoms with E-state index in [4.69, 9.17) is 17.2 Å². The Bertz CT molecular complexity index is 667. The first-order chi connectivity index (χ1) is 9.50. The Kier molecular flexibility index (Phi) is 4.00. The quantitative estimate of drug-likeness (QED) is 0.560. The molecule has 104 valence electrons. The van der Waals surface area contributed by atoms with Gasteiger partial charge in [0.05, 0.1) is 6.04 Å². The zero-order chi connectivity index (χ0) is 14.7. The molecule has 2 rings (SSSR count). The molecule has 0 unspecified atom stereocenters. The Labute approximate surface area is 116 Å². The molecule has 0 fully saturated rings. The molecule has 0 saturated heterocycles. The minimum absolute atomic E-state index is 0.0809. The minimum atomic E-state index is -0.782. The highest BCUT2D eigenvalue weighted by molar-refractivity contribution is 6.14. The van der Waals surface area contributed by atoms with E-state index in [1.807, 2.05) is 30.3 Å². The van der Waals surface area contributed by atoms with Crippen LogP contribution in [0.3, 0.4) is 0 Å². The predicted molar refractivity (Wildman–Crippen MR) is 79.1 cm³/mol. The van der Waals surface area contributed by atoms with Gasteiger partial charge in [-0.3, -0.25) is 9.59 Å². The first-order valence-electron chi connectivity index (χ1n) is 6.36. The molecule has 2 aromatic carbocycles. The van der Waals surface area contributed by atoms with E-state index in [2.05, 4.69) is 0 Å². The van der Waals surface area contributed by atoms with Gasteiger partial charge in [0.1, 0.15) is 0 Å². The summed E-state index contributed by atoms with van der Waals surface area (Å²) in [4.78, 5) is 23.2. The number of carbonyl (C=O) groups is 2. The van der Waals surface area contributed by atoms with Crippen molar-refractivity contribution >= 4 is 28.2 Å². The Morgan fingerprint density at radius 2 is 1.80 bits per heavy atom. The smallest absolute Gasteiger partial charge is 0.217 e. The van der Waals surface area contributed by atoms with E-state index in [0.29, 0.717) is 11.3 Å². The maximum absolute atomic E-state index is 12.4. The van der Waals surface area contributed by atoms with Crippen LogP contribution in [-0.2, 0) is 4.79 Å². The third-order valence-corrected chi connectivity index (χ3v) is 3.25. The van der Waals surface area contributed by atoms with Gasteiger partial charge in [0, 0.05) is 17.7 Å². The highest BCUT2D eigenvalue weighted by Gasteiger charge is 2.20. The fraction of sp³-hybridized carbons (Fsp3) is 0.200. The summed E-state index contributed by atoms with van der Waals surface area (Å²) in [6.45, 7) is 0. The van der Waals surface area contributed by atoms with Crippen molar-refractivity contribution in [3.63, 3.8) is 0 Å². The van der Waals surface area contributed by atoms with Crippen LogP contribution < -0.4 is 17.2 Å². The predicted octanol–water partition coefficient (Wildman–Crippen LogP) is 1.20. The SMILES string of the molecule is NC(=O)CC[C@H](N)C(=O)c1c(N)ccc2ccccc12. The average molecular weight is 271 g/mol.